The Labute approximate surface area is 179 Å². The normalized spacial score (nSPS) is 11.3. The Hall–Kier alpha value is 0.690. The fraction of sp³-hybridized carbons (Fsp3) is 1.00. The lowest BCUT2D eigenvalue weighted by Crippen LogP contribution is -1.85. The molecule has 2 heteroatoms. The van der Waals surface area contributed by atoms with Crippen LogP contribution in [0.1, 0.15) is 141 Å². The van der Waals surface area contributed by atoms with Crippen LogP contribution in [0.4, 0.5) is 0 Å². The third kappa shape index (κ3) is 24.7. The van der Waals surface area contributed by atoms with Crippen molar-refractivity contribution in [3.63, 3.8) is 0 Å². The Morgan fingerprint density at radius 2 is 0.500 bits per heavy atom. The van der Waals surface area contributed by atoms with E-state index in [2.05, 4.69) is 22.6 Å². The van der Waals surface area contributed by atoms with Gasteiger partial charge in [-0.15, -0.1) is 0 Å². The van der Waals surface area contributed by atoms with Crippen molar-refractivity contribution in [3.05, 3.63) is 0 Å². The Balaban J connectivity index is 2.95. The van der Waals surface area contributed by atoms with E-state index in [9.17, 15) is 0 Å². The predicted molar refractivity (Wildman–Crippen MR) is 128 cm³/mol. The molecule has 0 unspecified atom stereocenters. The molecule has 26 heavy (non-hydrogen) atoms. The van der Waals surface area contributed by atoms with Crippen molar-refractivity contribution >= 4 is 22.6 Å². The summed E-state index contributed by atoms with van der Waals surface area (Å²) in [5, 5.41) is 8.73. The highest BCUT2D eigenvalue weighted by Gasteiger charge is 1.95. The van der Waals surface area contributed by atoms with Gasteiger partial charge in [0.2, 0.25) is 0 Å². The summed E-state index contributed by atoms with van der Waals surface area (Å²) in [4.78, 5) is 0. The minimum absolute atomic E-state index is 0.374. The quantitative estimate of drug-likeness (QED) is 0.0879. The lowest BCUT2D eigenvalue weighted by Gasteiger charge is -2.04. The van der Waals surface area contributed by atoms with Gasteiger partial charge in [0.1, 0.15) is 0 Å². The van der Waals surface area contributed by atoms with Gasteiger partial charge in [0, 0.05) is 6.61 Å². The van der Waals surface area contributed by atoms with Crippen LogP contribution >= 0.6 is 22.6 Å². The second kappa shape index (κ2) is 25.7. The molecule has 0 aromatic rings. The molecule has 0 aromatic carbocycles. The second-order valence-electron chi connectivity index (χ2n) is 8.19. The van der Waals surface area contributed by atoms with Gasteiger partial charge in [0.05, 0.1) is 0 Å². The number of alkyl halides is 1. The molecule has 0 saturated carbocycles. The number of unbranched alkanes of at least 4 members (excludes halogenated alkanes) is 21. The van der Waals surface area contributed by atoms with E-state index in [4.69, 9.17) is 5.11 Å². The van der Waals surface area contributed by atoms with Crippen molar-refractivity contribution in [3.8, 4) is 0 Å². The molecule has 0 rings (SSSR count). The Bertz CT molecular complexity index is 208. The maximum absolute atomic E-state index is 8.73. The van der Waals surface area contributed by atoms with E-state index < -0.39 is 0 Å². The molecule has 0 amide bonds. The second-order valence-corrected chi connectivity index (χ2v) is 9.27. The lowest BCUT2D eigenvalue weighted by molar-refractivity contribution is 0.282. The van der Waals surface area contributed by atoms with E-state index in [0.717, 1.165) is 6.42 Å². The zero-order valence-electron chi connectivity index (χ0n) is 17.8. The first-order valence-electron chi connectivity index (χ1n) is 12.1. The predicted octanol–water partition coefficient (Wildman–Crippen LogP) is 9.00. The van der Waals surface area contributed by atoms with E-state index >= 15 is 0 Å². The van der Waals surface area contributed by atoms with Crippen LogP contribution in [0, 0.1) is 0 Å². The van der Waals surface area contributed by atoms with Gasteiger partial charge in [-0.05, 0) is 17.3 Å². The number of halogens is 1. The molecule has 0 fully saturated rings. The Morgan fingerprint density at radius 3 is 0.692 bits per heavy atom. The molecule has 0 aromatic heterocycles. The standard InChI is InChI=1S/C24H49IO/c25-23-21-19-17-15-13-11-9-7-5-3-1-2-4-6-8-10-12-14-16-18-20-22-24-26/h26H,1-24H2. The SMILES string of the molecule is OCCCCCCCCCCCCCCCCCCCCCCCCI. The van der Waals surface area contributed by atoms with Crippen LogP contribution in [-0.2, 0) is 0 Å². The Kier molecular flexibility index (Phi) is 26.4. The van der Waals surface area contributed by atoms with Crippen molar-refractivity contribution in [1.29, 1.82) is 0 Å². The minimum atomic E-state index is 0.374. The van der Waals surface area contributed by atoms with E-state index in [1.54, 1.807) is 0 Å². The molecule has 0 bridgehead atoms. The summed E-state index contributed by atoms with van der Waals surface area (Å²) in [6.07, 6.45) is 31.2. The number of aliphatic hydroxyl groups is 1. The number of aliphatic hydroxyl groups excluding tert-OH is 1. The monoisotopic (exact) mass is 480 g/mol. The first-order valence-corrected chi connectivity index (χ1v) is 13.6. The maximum atomic E-state index is 8.73. The van der Waals surface area contributed by atoms with Crippen LogP contribution in [0.25, 0.3) is 0 Å². The van der Waals surface area contributed by atoms with Crippen molar-refractivity contribution in [1.82, 2.24) is 0 Å². The highest BCUT2D eigenvalue weighted by Crippen LogP contribution is 2.15. The molecule has 0 saturated heterocycles. The number of hydrogen-bond acceptors (Lipinski definition) is 1. The fourth-order valence-corrected chi connectivity index (χ4v) is 4.28. The summed E-state index contributed by atoms with van der Waals surface area (Å²) in [6, 6.07) is 0. The molecular weight excluding hydrogens is 431 g/mol. The molecule has 0 atom stereocenters. The summed E-state index contributed by atoms with van der Waals surface area (Å²) >= 11 is 2.49. The van der Waals surface area contributed by atoms with Crippen LogP contribution < -0.4 is 0 Å². The first kappa shape index (κ1) is 26.7. The van der Waals surface area contributed by atoms with Crippen molar-refractivity contribution in [2.24, 2.45) is 0 Å². The van der Waals surface area contributed by atoms with Crippen LogP contribution in [0.15, 0.2) is 0 Å². The molecule has 158 valence electrons. The van der Waals surface area contributed by atoms with Gasteiger partial charge in [0.25, 0.3) is 0 Å². The molecule has 0 heterocycles. The van der Waals surface area contributed by atoms with Gasteiger partial charge in [0.15, 0.2) is 0 Å². The van der Waals surface area contributed by atoms with E-state index in [1.807, 2.05) is 0 Å². The summed E-state index contributed by atoms with van der Waals surface area (Å²) in [5.74, 6) is 0. The van der Waals surface area contributed by atoms with Crippen molar-refractivity contribution < 1.29 is 5.11 Å². The number of rotatable bonds is 23. The average molecular weight is 481 g/mol. The zero-order valence-corrected chi connectivity index (χ0v) is 20.0. The highest BCUT2D eigenvalue weighted by molar-refractivity contribution is 14.1. The van der Waals surface area contributed by atoms with Crippen LogP contribution in [0.2, 0.25) is 0 Å². The summed E-state index contributed by atoms with van der Waals surface area (Å²) in [7, 11) is 0. The molecule has 0 radical (unpaired) electrons. The zero-order chi connectivity index (χ0) is 19.0. The summed E-state index contributed by atoms with van der Waals surface area (Å²) in [6.45, 7) is 0.374. The lowest BCUT2D eigenvalue weighted by atomic mass is 10.0. The van der Waals surface area contributed by atoms with Crippen molar-refractivity contribution in [2.75, 3.05) is 11.0 Å². The third-order valence-corrected chi connectivity index (χ3v) is 6.30. The average Bonchev–Trinajstić information content (AvgIpc) is 2.66. The van der Waals surface area contributed by atoms with E-state index in [-0.39, 0.29) is 0 Å². The molecule has 1 nitrogen and oxygen atoms in total. The van der Waals surface area contributed by atoms with Crippen molar-refractivity contribution in [2.45, 2.75) is 141 Å². The third-order valence-electron chi connectivity index (χ3n) is 5.54. The maximum Gasteiger partial charge on any atom is 0.0431 e. The van der Waals surface area contributed by atoms with Gasteiger partial charge in [-0.2, -0.15) is 0 Å². The largest absolute Gasteiger partial charge is 0.396 e. The van der Waals surface area contributed by atoms with Gasteiger partial charge >= 0.3 is 0 Å². The molecule has 0 spiro atoms. The van der Waals surface area contributed by atoms with E-state index in [1.165, 1.54) is 139 Å². The minimum Gasteiger partial charge on any atom is -0.396 e. The van der Waals surface area contributed by atoms with Crippen LogP contribution in [0.3, 0.4) is 0 Å². The van der Waals surface area contributed by atoms with Gasteiger partial charge in [-0.3, -0.25) is 0 Å². The molecule has 1 N–H and O–H groups in total. The first-order chi connectivity index (χ1) is 12.9. The number of hydrogen-bond donors (Lipinski definition) is 1. The van der Waals surface area contributed by atoms with Gasteiger partial charge < -0.3 is 5.11 Å². The summed E-state index contributed by atoms with van der Waals surface area (Å²) < 4.78 is 1.34. The fourth-order valence-electron chi connectivity index (χ4n) is 3.74. The van der Waals surface area contributed by atoms with E-state index in [0.29, 0.717) is 6.61 Å². The van der Waals surface area contributed by atoms with Crippen LogP contribution in [0.5, 0.6) is 0 Å². The summed E-state index contributed by atoms with van der Waals surface area (Å²) in [5.41, 5.74) is 0. The Morgan fingerprint density at radius 1 is 0.308 bits per heavy atom. The van der Waals surface area contributed by atoms with Crippen LogP contribution in [-0.4, -0.2) is 16.1 Å². The highest BCUT2D eigenvalue weighted by atomic mass is 127. The topological polar surface area (TPSA) is 20.2 Å². The molecule has 0 aliphatic rings. The van der Waals surface area contributed by atoms with Gasteiger partial charge in [-0.1, -0.05) is 151 Å². The molecular formula is C24H49IO. The molecule has 0 aliphatic carbocycles. The smallest absolute Gasteiger partial charge is 0.0431 e. The van der Waals surface area contributed by atoms with Gasteiger partial charge in [-0.25, -0.2) is 0 Å². The molecule has 0 aliphatic heterocycles.